The van der Waals surface area contributed by atoms with Gasteiger partial charge in [-0.1, -0.05) is 118 Å². The summed E-state index contributed by atoms with van der Waals surface area (Å²) in [5.41, 5.74) is 1.09. The fourth-order valence-corrected chi connectivity index (χ4v) is 9.57. The van der Waals surface area contributed by atoms with Gasteiger partial charge >= 0.3 is 5.97 Å². The Kier molecular flexibility index (Phi) is 11.7. The molecule has 0 fully saturated rings. The van der Waals surface area contributed by atoms with E-state index in [9.17, 15) is 9.90 Å². The SMILES string of the molecule is CCOC(=O)/C=C/C[C@@H](O[Si](c1ccccc1)(c1ccccc1)C(C)(C)C)[C@H](O)CCOCc1ccccc1. The second-order valence-electron chi connectivity index (χ2n) is 10.6. The zero-order valence-corrected chi connectivity index (χ0v) is 24.6. The van der Waals surface area contributed by atoms with E-state index in [0.29, 0.717) is 32.7 Å². The summed E-state index contributed by atoms with van der Waals surface area (Å²) >= 11 is 0. The molecule has 0 aliphatic rings. The van der Waals surface area contributed by atoms with Gasteiger partial charge < -0.3 is 19.0 Å². The van der Waals surface area contributed by atoms with E-state index < -0.39 is 26.5 Å². The van der Waals surface area contributed by atoms with E-state index in [1.54, 1.807) is 13.0 Å². The van der Waals surface area contributed by atoms with Crippen molar-refractivity contribution in [3.05, 3.63) is 109 Å². The minimum absolute atomic E-state index is 0.248. The van der Waals surface area contributed by atoms with Crippen LogP contribution in [-0.2, 0) is 25.3 Å². The van der Waals surface area contributed by atoms with Crippen molar-refractivity contribution in [1.82, 2.24) is 0 Å². The number of aliphatic hydroxyl groups is 1. The first kappa shape index (κ1) is 30.5. The average Bonchev–Trinajstić information content (AvgIpc) is 2.94. The fraction of sp³-hybridized carbons (Fsp3) is 0.364. The Morgan fingerprint density at radius 3 is 1.95 bits per heavy atom. The Balaban J connectivity index is 1.91. The van der Waals surface area contributed by atoms with E-state index in [1.807, 2.05) is 66.7 Å². The van der Waals surface area contributed by atoms with Crippen LogP contribution in [0.1, 0.15) is 46.1 Å². The molecule has 0 spiro atoms. The Morgan fingerprint density at radius 1 is 0.897 bits per heavy atom. The smallest absolute Gasteiger partial charge is 0.330 e. The Hall–Kier alpha value is -3.03. The highest BCUT2D eigenvalue weighted by atomic mass is 28.4. The van der Waals surface area contributed by atoms with Gasteiger partial charge in [0.05, 0.1) is 25.4 Å². The number of carbonyl (C=O) groups is 1. The molecule has 0 aromatic heterocycles. The number of esters is 1. The third-order valence-electron chi connectivity index (χ3n) is 6.75. The molecule has 0 aliphatic carbocycles. The lowest BCUT2D eigenvalue weighted by molar-refractivity contribution is -0.137. The monoisotopic (exact) mass is 546 g/mol. The van der Waals surface area contributed by atoms with Gasteiger partial charge in [0.15, 0.2) is 0 Å². The molecule has 2 atom stereocenters. The van der Waals surface area contributed by atoms with Crippen LogP contribution < -0.4 is 10.4 Å². The van der Waals surface area contributed by atoms with Gasteiger partial charge in [-0.3, -0.25) is 0 Å². The van der Waals surface area contributed by atoms with Gasteiger partial charge in [0.1, 0.15) is 0 Å². The quantitative estimate of drug-likeness (QED) is 0.127. The Morgan fingerprint density at radius 2 is 1.44 bits per heavy atom. The molecule has 39 heavy (non-hydrogen) atoms. The van der Waals surface area contributed by atoms with Crippen molar-refractivity contribution in [2.75, 3.05) is 13.2 Å². The predicted octanol–water partition coefficient (Wildman–Crippen LogP) is 5.41. The normalized spacial score (nSPS) is 13.8. The molecule has 208 valence electrons. The van der Waals surface area contributed by atoms with Crippen molar-refractivity contribution in [3.63, 3.8) is 0 Å². The maximum atomic E-state index is 12.0. The number of hydrogen-bond acceptors (Lipinski definition) is 5. The summed E-state index contributed by atoms with van der Waals surface area (Å²) in [6.45, 7) is 9.58. The molecule has 0 amide bonds. The molecule has 0 saturated heterocycles. The highest BCUT2D eigenvalue weighted by Gasteiger charge is 2.51. The third kappa shape index (κ3) is 8.47. The fourth-order valence-electron chi connectivity index (χ4n) is 4.85. The second kappa shape index (κ2) is 14.9. The molecule has 0 bridgehead atoms. The predicted molar refractivity (Wildman–Crippen MR) is 160 cm³/mol. The van der Waals surface area contributed by atoms with E-state index in [-0.39, 0.29) is 5.04 Å². The lowest BCUT2D eigenvalue weighted by Gasteiger charge is -2.46. The van der Waals surface area contributed by atoms with E-state index in [2.05, 4.69) is 45.0 Å². The van der Waals surface area contributed by atoms with Crippen molar-refractivity contribution in [2.45, 2.75) is 64.4 Å². The van der Waals surface area contributed by atoms with Crippen molar-refractivity contribution in [3.8, 4) is 0 Å². The highest BCUT2D eigenvalue weighted by Crippen LogP contribution is 2.38. The summed E-state index contributed by atoms with van der Waals surface area (Å²) in [5.74, 6) is -0.401. The number of rotatable bonds is 14. The van der Waals surface area contributed by atoms with Gasteiger partial charge in [-0.2, -0.15) is 0 Å². The zero-order valence-electron chi connectivity index (χ0n) is 23.6. The van der Waals surface area contributed by atoms with Gasteiger partial charge in [0.25, 0.3) is 8.32 Å². The van der Waals surface area contributed by atoms with Crippen molar-refractivity contribution in [2.24, 2.45) is 0 Å². The first-order valence-electron chi connectivity index (χ1n) is 13.7. The molecule has 6 heteroatoms. The first-order chi connectivity index (χ1) is 18.8. The number of ether oxygens (including phenoxy) is 2. The lowest BCUT2D eigenvalue weighted by atomic mass is 10.1. The molecule has 3 aromatic carbocycles. The van der Waals surface area contributed by atoms with Crippen LogP contribution in [0.25, 0.3) is 0 Å². The molecular formula is C33H42O5Si. The van der Waals surface area contributed by atoms with Crippen LogP contribution in [0.2, 0.25) is 5.04 Å². The standard InChI is InChI=1S/C33H42O5Si/c1-5-37-32(35)23-15-22-31(30(34)24-25-36-26-27-16-9-6-10-17-27)38-39(33(2,3)4,28-18-11-7-12-19-28)29-20-13-8-14-21-29/h6-21,23,30-31,34H,5,22,24-26H2,1-4H3/b23-15+/t30-,31-/m1/s1. The highest BCUT2D eigenvalue weighted by molar-refractivity contribution is 6.99. The summed E-state index contributed by atoms with van der Waals surface area (Å²) < 4.78 is 18.2. The van der Waals surface area contributed by atoms with E-state index >= 15 is 0 Å². The molecule has 1 N–H and O–H groups in total. The Labute approximate surface area is 234 Å². The number of benzene rings is 3. The van der Waals surface area contributed by atoms with Crippen LogP contribution in [0.5, 0.6) is 0 Å². The van der Waals surface area contributed by atoms with Gasteiger partial charge in [-0.15, -0.1) is 0 Å². The molecule has 0 aliphatic heterocycles. The molecule has 0 heterocycles. The molecular weight excluding hydrogens is 504 g/mol. The zero-order chi connectivity index (χ0) is 28.1. The van der Waals surface area contributed by atoms with Crippen molar-refractivity contribution < 1.29 is 23.8 Å². The molecule has 0 radical (unpaired) electrons. The number of hydrogen-bond donors (Lipinski definition) is 1. The van der Waals surface area contributed by atoms with Crippen LogP contribution in [0.15, 0.2) is 103 Å². The van der Waals surface area contributed by atoms with Crippen LogP contribution in [0.4, 0.5) is 0 Å². The minimum atomic E-state index is -2.92. The average molecular weight is 547 g/mol. The van der Waals surface area contributed by atoms with Crippen LogP contribution in [0, 0.1) is 0 Å². The summed E-state index contributed by atoms with van der Waals surface area (Å²) in [7, 11) is -2.92. The van der Waals surface area contributed by atoms with Crippen molar-refractivity contribution >= 4 is 24.7 Å². The third-order valence-corrected chi connectivity index (χ3v) is 11.8. The summed E-state index contributed by atoms with van der Waals surface area (Å²) in [6.07, 6.45) is 2.58. The van der Waals surface area contributed by atoms with E-state index in [0.717, 1.165) is 15.9 Å². The Bertz CT molecular complexity index is 1100. The second-order valence-corrected chi connectivity index (χ2v) is 14.9. The van der Waals surface area contributed by atoms with Crippen LogP contribution in [-0.4, -0.2) is 44.8 Å². The molecule has 3 aromatic rings. The molecule has 0 saturated carbocycles. The first-order valence-corrected chi connectivity index (χ1v) is 15.6. The molecule has 5 nitrogen and oxygen atoms in total. The lowest BCUT2D eigenvalue weighted by Crippen LogP contribution is -2.68. The number of carbonyl (C=O) groups excluding carboxylic acids is 1. The maximum Gasteiger partial charge on any atom is 0.330 e. The molecule has 0 unspecified atom stereocenters. The summed E-state index contributed by atoms with van der Waals surface area (Å²) in [4.78, 5) is 12.0. The van der Waals surface area contributed by atoms with Gasteiger partial charge in [-0.25, -0.2) is 4.79 Å². The van der Waals surface area contributed by atoms with Gasteiger partial charge in [0.2, 0.25) is 0 Å². The van der Waals surface area contributed by atoms with Gasteiger partial charge in [-0.05, 0) is 40.7 Å². The summed E-state index contributed by atoms with van der Waals surface area (Å²) in [6, 6.07) is 30.7. The van der Waals surface area contributed by atoms with Gasteiger partial charge in [0, 0.05) is 12.7 Å². The minimum Gasteiger partial charge on any atom is -0.463 e. The van der Waals surface area contributed by atoms with E-state index in [1.165, 1.54) is 6.08 Å². The molecule has 3 rings (SSSR count). The number of aliphatic hydroxyl groups excluding tert-OH is 1. The van der Waals surface area contributed by atoms with Crippen LogP contribution >= 0.6 is 0 Å². The van der Waals surface area contributed by atoms with Crippen LogP contribution in [0.3, 0.4) is 0 Å². The van der Waals surface area contributed by atoms with E-state index in [4.69, 9.17) is 13.9 Å². The topological polar surface area (TPSA) is 65.0 Å². The summed E-state index contributed by atoms with van der Waals surface area (Å²) in [5, 5.41) is 13.5. The maximum absolute atomic E-state index is 12.0. The largest absolute Gasteiger partial charge is 0.463 e. The van der Waals surface area contributed by atoms with Crippen molar-refractivity contribution in [1.29, 1.82) is 0 Å².